The number of aryl methyl sites for hydroxylation is 1. The zero-order valence-electron chi connectivity index (χ0n) is 15.9. The van der Waals surface area contributed by atoms with Gasteiger partial charge in [-0.3, -0.25) is 9.71 Å². The van der Waals surface area contributed by atoms with Gasteiger partial charge in [0.25, 0.3) is 10.0 Å². The standard InChI is InChI=1S/C22H23N3O3S/c26-29(27,21-4-2-1-3-5-21)25-19-8-6-18-7-9-20(28-22(18)14-19)16-24-15-17-10-12-23-13-11-17/h1-6,8,10-14,20,24-25H,7,9,15-16H2. The summed E-state index contributed by atoms with van der Waals surface area (Å²) in [5, 5.41) is 3.41. The maximum atomic E-state index is 12.5. The lowest BCUT2D eigenvalue weighted by Crippen LogP contribution is -2.34. The van der Waals surface area contributed by atoms with E-state index < -0.39 is 10.0 Å². The predicted molar refractivity (Wildman–Crippen MR) is 112 cm³/mol. The van der Waals surface area contributed by atoms with Crippen molar-refractivity contribution in [3.8, 4) is 5.75 Å². The lowest BCUT2D eigenvalue weighted by molar-refractivity contribution is 0.170. The first-order valence-corrected chi connectivity index (χ1v) is 11.1. The number of nitrogens with zero attached hydrogens (tertiary/aromatic N) is 1. The lowest BCUT2D eigenvalue weighted by atomic mass is 10.0. The Morgan fingerprint density at radius 3 is 2.62 bits per heavy atom. The Morgan fingerprint density at radius 2 is 1.83 bits per heavy atom. The number of benzene rings is 2. The van der Waals surface area contributed by atoms with Crippen LogP contribution in [0.4, 0.5) is 5.69 Å². The van der Waals surface area contributed by atoms with Crippen molar-refractivity contribution in [2.45, 2.75) is 30.4 Å². The maximum absolute atomic E-state index is 12.5. The van der Waals surface area contributed by atoms with E-state index in [9.17, 15) is 8.42 Å². The molecule has 0 radical (unpaired) electrons. The summed E-state index contributed by atoms with van der Waals surface area (Å²) in [6.45, 7) is 1.48. The van der Waals surface area contributed by atoms with Gasteiger partial charge in [0.05, 0.1) is 10.6 Å². The normalized spacial score (nSPS) is 15.9. The molecule has 2 N–H and O–H groups in total. The third-order valence-electron chi connectivity index (χ3n) is 4.85. The summed E-state index contributed by atoms with van der Waals surface area (Å²) in [6.07, 6.45) is 5.43. The SMILES string of the molecule is O=S(=O)(Nc1ccc2c(c1)OC(CNCc1ccncc1)CC2)c1ccccc1. The van der Waals surface area contributed by atoms with Crippen molar-refractivity contribution >= 4 is 15.7 Å². The first-order chi connectivity index (χ1) is 14.1. The summed E-state index contributed by atoms with van der Waals surface area (Å²) < 4.78 is 33.8. The molecule has 3 aromatic rings. The van der Waals surface area contributed by atoms with Crippen LogP contribution in [-0.2, 0) is 23.0 Å². The number of aromatic nitrogens is 1. The molecule has 0 amide bonds. The molecule has 2 heterocycles. The second-order valence-corrected chi connectivity index (χ2v) is 8.69. The van der Waals surface area contributed by atoms with Crippen LogP contribution < -0.4 is 14.8 Å². The number of ether oxygens (including phenoxy) is 1. The van der Waals surface area contributed by atoms with Gasteiger partial charge in [-0.1, -0.05) is 24.3 Å². The largest absolute Gasteiger partial charge is 0.489 e. The Labute approximate surface area is 171 Å². The van der Waals surface area contributed by atoms with Gasteiger partial charge < -0.3 is 10.1 Å². The fraction of sp³-hybridized carbons (Fsp3) is 0.227. The molecule has 0 saturated carbocycles. The minimum atomic E-state index is -3.62. The Morgan fingerprint density at radius 1 is 1.03 bits per heavy atom. The quantitative estimate of drug-likeness (QED) is 0.625. The monoisotopic (exact) mass is 409 g/mol. The summed E-state index contributed by atoms with van der Waals surface area (Å²) in [6, 6.07) is 17.8. The fourth-order valence-corrected chi connectivity index (χ4v) is 4.40. The van der Waals surface area contributed by atoms with Gasteiger partial charge in [0, 0.05) is 31.5 Å². The first-order valence-electron chi connectivity index (χ1n) is 9.57. The number of anilines is 1. The van der Waals surface area contributed by atoms with Crippen molar-refractivity contribution < 1.29 is 13.2 Å². The molecule has 1 atom stereocenters. The van der Waals surface area contributed by atoms with Crippen molar-refractivity contribution in [2.75, 3.05) is 11.3 Å². The van der Waals surface area contributed by atoms with Crippen molar-refractivity contribution in [1.29, 1.82) is 0 Å². The Kier molecular flexibility index (Phi) is 5.78. The summed E-state index contributed by atoms with van der Waals surface area (Å²) in [5.41, 5.74) is 2.77. The van der Waals surface area contributed by atoms with Crippen molar-refractivity contribution in [1.82, 2.24) is 10.3 Å². The average molecular weight is 410 g/mol. The van der Waals surface area contributed by atoms with E-state index in [4.69, 9.17) is 4.74 Å². The smallest absolute Gasteiger partial charge is 0.261 e. The van der Waals surface area contributed by atoms with Crippen LogP contribution in [0.25, 0.3) is 0 Å². The Hall–Kier alpha value is -2.90. The maximum Gasteiger partial charge on any atom is 0.261 e. The van der Waals surface area contributed by atoms with Crippen molar-refractivity contribution in [3.05, 3.63) is 84.2 Å². The van der Waals surface area contributed by atoms with Gasteiger partial charge in [0.1, 0.15) is 11.9 Å². The summed E-state index contributed by atoms with van der Waals surface area (Å²) >= 11 is 0. The Balaban J connectivity index is 1.39. The molecule has 1 unspecified atom stereocenters. The number of pyridine rings is 1. The zero-order valence-corrected chi connectivity index (χ0v) is 16.7. The van der Waals surface area contributed by atoms with Gasteiger partial charge in [0.15, 0.2) is 0 Å². The summed E-state index contributed by atoms with van der Waals surface area (Å²) in [4.78, 5) is 4.25. The van der Waals surface area contributed by atoms with Crippen LogP contribution >= 0.6 is 0 Å². The summed E-state index contributed by atoms with van der Waals surface area (Å²) in [7, 11) is -3.62. The fourth-order valence-electron chi connectivity index (χ4n) is 3.32. The van der Waals surface area contributed by atoms with Crippen LogP contribution in [-0.4, -0.2) is 26.1 Å². The van der Waals surface area contributed by atoms with Crippen LogP contribution in [0, 0.1) is 0 Å². The molecule has 0 saturated heterocycles. The third-order valence-corrected chi connectivity index (χ3v) is 6.25. The highest BCUT2D eigenvalue weighted by Gasteiger charge is 2.21. The highest BCUT2D eigenvalue weighted by molar-refractivity contribution is 7.92. The molecule has 0 bridgehead atoms. The highest BCUT2D eigenvalue weighted by Crippen LogP contribution is 2.31. The number of fused-ring (bicyclic) bond motifs is 1. The van der Waals surface area contributed by atoms with E-state index >= 15 is 0 Å². The van der Waals surface area contributed by atoms with Gasteiger partial charge in [-0.05, 0) is 54.3 Å². The van der Waals surface area contributed by atoms with Gasteiger partial charge in [-0.15, -0.1) is 0 Å². The zero-order chi connectivity index (χ0) is 20.1. The van der Waals surface area contributed by atoms with Gasteiger partial charge in [0.2, 0.25) is 0 Å². The first kappa shape index (κ1) is 19.4. The molecular formula is C22H23N3O3S. The molecular weight excluding hydrogens is 386 g/mol. The molecule has 6 nitrogen and oxygen atoms in total. The van der Waals surface area contributed by atoms with Crippen LogP contribution in [0.3, 0.4) is 0 Å². The predicted octanol–water partition coefficient (Wildman–Crippen LogP) is 3.37. The molecule has 1 aromatic heterocycles. The topological polar surface area (TPSA) is 80.3 Å². The molecule has 7 heteroatoms. The minimum absolute atomic E-state index is 0.0466. The average Bonchev–Trinajstić information content (AvgIpc) is 2.75. The molecule has 0 aliphatic carbocycles. The summed E-state index contributed by atoms with van der Waals surface area (Å²) in [5.74, 6) is 0.736. The minimum Gasteiger partial charge on any atom is -0.489 e. The van der Waals surface area contributed by atoms with Gasteiger partial charge in [-0.25, -0.2) is 8.42 Å². The highest BCUT2D eigenvalue weighted by atomic mass is 32.2. The van der Waals surface area contributed by atoms with E-state index in [0.29, 0.717) is 5.69 Å². The number of nitrogens with one attached hydrogen (secondary N) is 2. The van der Waals surface area contributed by atoms with E-state index in [1.807, 2.05) is 18.2 Å². The molecule has 1 aliphatic rings. The Bertz CT molecular complexity index is 1060. The lowest BCUT2D eigenvalue weighted by Gasteiger charge is -2.27. The van der Waals surface area contributed by atoms with E-state index in [2.05, 4.69) is 15.0 Å². The van der Waals surface area contributed by atoms with Crippen LogP contribution in [0.5, 0.6) is 5.75 Å². The van der Waals surface area contributed by atoms with Crippen molar-refractivity contribution in [2.24, 2.45) is 0 Å². The third kappa shape index (κ3) is 4.93. The molecule has 0 spiro atoms. The van der Waals surface area contributed by atoms with E-state index in [-0.39, 0.29) is 11.0 Å². The van der Waals surface area contributed by atoms with Crippen LogP contribution in [0.2, 0.25) is 0 Å². The van der Waals surface area contributed by atoms with Gasteiger partial charge >= 0.3 is 0 Å². The van der Waals surface area contributed by atoms with Crippen LogP contribution in [0.1, 0.15) is 17.5 Å². The van der Waals surface area contributed by atoms with Crippen LogP contribution in [0.15, 0.2) is 78.0 Å². The molecule has 0 fully saturated rings. The molecule has 1 aliphatic heterocycles. The van der Waals surface area contributed by atoms with Gasteiger partial charge in [-0.2, -0.15) is 0 Å². The second kappa shape index (κ2) is 8.63. The van der Waals surface area contributed by atoms with E-state index in [1.165, 1.54) is 5.56 Å². The second-order valence-electron chi connectivity index (χ2n) is 7.01. The van der Waals surface area contributed by atoms with E-state index in [1.54, 1.807) is 54.9 Å². The molecule has 150 valence electrons. The molecule has 29 heavy (non-hydrogen) atoms. The number of sulfonamides is 1. The number of hydrogen-bond donors (Lipinski definition) is 2. The molecule has 4 rings (SSSR count). The van der Waals surface area contributed by atoms with E-state index in [0.717, 1.165) is 37.2 Å². The van der Waals surface area contributed by atoms with Crippen molar-refractivity contribution in [3.63, 3.8) is 0 Å². The number of rotatable bonds is 7. The molecule has 2 aromatic carbocycles. The number of hydrogen-bond acceptors (Lipinski definition) is 5.